The molecule has 0 aliphatic carbocycles. The second kappa shape index (κ2) is 9.37. The zero-order valence-corrected chi connectivity index (χ0v) is 14.7. The van der Waals surface area contributed by atoms with Crippen molar-refractivity contribution in [3.63, 3.8) is 0 Å². The molecule has 2 amide bonds. The maximum Gasteiger partial charge on any atom is 0.323 e. The summed E-state index contributed by atoms with van der Waals surface area (Å²) in [6.07, 6.45) is 0. The van der Waals surface area contributed by atoms with Gasteiger partial charge in [-0.1, -0.05) is 41.4 Å². The highest BCUT2D eigenvalue weighted by molar-refractivity contribution is 6.34. The van der Waals surface area contributed by atoms with E-state index in [1.54, 1.807) is 42.5 Å². The normalized spacial score (nSPS) is 10.3. The van der Waals surface area contributed by atoms with Crippen molar-refractivity contribution >= 4 is 40.6 Å². The van der Waals surface area contributed by atoms with Crippen LogP contribution in [0.25, 0.3) is 0 Å². The number of benzene rings is 2. The lowest BCUT2D eigenvalue weighted by atomic mass is 10.3. The molecule has 0 fully saturated rings. The van der Waals surface area contributed by atoms with Gasteiger partial charge in [-0.25, -0.2) is 4.79 Å². The van der Waals surface area contributed by atoms with E-state index in [4.69, 9.17) is 32.7 Å². The summed E-state index contributed by atoms with van der Waals surface area (Å²) in [6.45, 7) is 3.28. The number of carbonyl (C=O) groups is 1. The van der Waals surface area contributed by atoms with Crippen LogP contribution in [0.4, 0.5) is 16.2 Å². The molecule has 2 rings (SSSR count). The molecule has 5 nitrogen and oxygen atoms in total. The minimum atomic E-state index is -0.444. The summed E-state index contributed by atoms with van der Waals surface area (Å²) in [5.41, 5.74) is 0.973. The second-order valence-electron chi connectivity index (χ2n) is 4.72. The quantitative estimate of drug-likeness (QED) is 0.672. The monoisotopic (exact) mass is 368 g/mol. The molecule has 0 saturated carbocycles. The molecule has 128 valence electrons. The summed E-state index contributed by atoms with van der Waals surface area (Å²) in [7, 11) is 0. The van der Waals surface area contributed by atoms with Crippen LogP contribution in [0.5, 0.6) is 5.75 Å². The number of ether oxygens (including phenoxy) is 2. The maximum atomic E-state index is 12.2. The number of para-hydroxylation sites is 2. The molecule has 0 aliphatic heterocycles. The van der Waals surface area contributed by atoms with E-state index in [9.17, 15) is 4.79 Å². The van der Waals surface area contributed by atoms with Crippen molar-refractivity contribution in [1.82, 2.24) is 0 Å². The van der Waals surface area contributed by atoms with Gasteiger partial charge in [0.15, 0.2) is 5.75 Å². The molecule has 24 heavy (non-hydrogen) atoms. The average Bonchev–Trinajstić information content (AvgIpc) is 2.56. The summed E-state index contributed by atoms with van der Waals surface area (Å²) in [5.74, 6) is 0.396. The molecular formula is C17H18Cl2N2O3. The molecule has 0 aromatic heterocycles. The van der Waals surface area contributed by atoms with Crippen molar-refractivity contribution in [2.45, 2.75) is 6.92 Å². The van der Waals surface area contributed by atoms with E-state index in [0.717, 1.165) is 0 Å². The van der Waals surface area contributed by atoms with Gasteiger partial charge in [0, 0.05) is 6.61 Å². The van der Waals surface area contributed by atoms with E-state index in [-0.39, 0.29) is 0 Å². The fourth-order valence-corrected chi connectivity index (χ4v) is 2.35. The van der Waals surface area contributed by atoms with E-state index < -0.39 is 6.03 Å². The molecule has 0 heterocycles. The van der Waals surface area contributed by atoms with Gasteiger partial charge in [0.2, 0.25) is 0 Å². The molecule has 0 aliphatic rings. The Bertz CT molecular complexity index is 695. The molecule has 2 N–H and O–H groups in total. The molecule has 2 aromatic rings. The number of carbonyl (C=O) groups excluding carboxylic acids is 1. The Balaban J connectivity index is 2.04. The number of urea groups is 1. The van der Waals surface area contributed by atoms with Crippen LogP contribution in [0, 0.1) is 0 Å². The fraction of sp³-hybridized carbons (Fsp3) is 0.235. The molecule has 0 spiro atoms. The Labute approximate surface area is 150 Å². The highest BCUT2D eigenvalue weighted by Crippen LogP contribution is 2.33. The zero-order valence-electron chi connectivity index (χ0n) is 13.1. The maximum absolute atomic E-state index is 12.2. The Morgan fingerprint density at radius 2 is 1.62 bits per heavy atom. The Morgan fingerprint density at radius 1 is 0.958 bits per heavy atom. The van der Waals surface area contributed by atoms with Crippen molar-refractivity contribution < 1.29 is 14.3 Å². The minimum absolute atomic E-state index is 0.332. The Hall–Kier alpha value is -1.95. The lowest BCUT2D eigenvalue weighted by Crippen LogP contribution is -2.20. The van der Waals surface area contributed by atoms with Crippen LogP contribution in [0.15, 0.2) is 42.5 Å². The Kier molecular flexibility index (Phi) is 7.18. The SMILES string of the molecule is CCOCCOc1c(Cl)cccc1NC(=O)Nc1ccccc1Cl. The highest BCUT2D eigenvalue weighted by Gasteiger charge is 2.12. The Morgan fingerprint density at radius 3 is 2.38 bits per heavy atom. The highest BCUT2D eigenvalue weighted by atomic mass is 35.5. The third-order valence-corrected chi connectivity index (χ3v) is 3.64. The van der Waals surface area contributed by atoms with E-state index >= 15 is 0 Å². The van der Waals surface area contributed by atoms with E-state index in [1.165, 1.54) is 0 Å². The summed E-state index contributed by atoms with van der Waals surface area (Å²) in [6, 6.07) is 11.6. The summed E-state index contributed by atoms with van der Waals surface area (Å²) in [5, 5.41) is 6.24. The predicted octanol–water partition coefficient (Wildman–Crippen LogP) is 5.05. The molecule has 0 radical (unpaired) electrons. The topological polar surface area (TPSA) is 59.6 Å². The lowest BCUT2D eigenvalue weighted by molar-refractivity contribution is 0.110. The van der Waals surface area contributed by atoms with E-state index in [0.29, 0.717) is 47.0 Å². The van der Waals surface area contributed by atoms with Crippen molar-refractivity contribution in [2.24, 2.45) is 0 Å². The van der Waals surface area contributed by atoms with Crippen molar-refractivity contribution in [3.05, 3.63) is 52.5 Å². The zero-order chi connectivity index (χ0) is 17.4. The van der Waals surface area contributed by atoms with Gasteiger partial charge >= 0.3 is 6.03 Å². The fourth-order valence-electron chi connectivity index (χ4n) is 1.94. The van der Waals surface area contributed by atoms with Crippen LogP contribution in [0.1, 0.15) is 6.92 Å². The largest absolute Gasteiger partial charge is 0.487 e. The smallest absolute Gasteiger partial charge is 0.323 e. The third-order valence-electron chi connectivity index (χ3n) is 3.02. The lowest BCUT2D eigenvalue weighted by Gasteiger charge is -2.14. The molecule has 0 atom stereocenters. The van der Waals surface area contributed by atoms with Gasteiger partial charge in [-0.05, 0) is 31.2 Å². The van der Waals surface area contributed by atoms with Gasteiger partial charge in [-0.2, -0.15) is 0 Å². The minimum Gasteiger partial charge on any atom is -0.487 e. The van der Waals surface area contributed by atoms with Crippen LogP contribution in [-0.2, 0) is 4.74 Å². The first-order valence-corrected chi connectivity index (χ1v) is 8.19. The van der Waals surface area contributed by atoms with Crippen molar-refractivity contribution in [1.29, 1.82) is 0 Å². The van der Waals surface area contributed by atoms with Crippen LogP contribution in [0.3, 0.4) is 0 Å². The first-order chi connectivity index (χ1) is 11.6. The van der Waals surface area contributed by atoms with Gasteiger partial charge in [0.1, 0.15) is 6.61 Å². The summed E-state index contributed by atoms with van der Waals surface area (Å²) in [4.78, 5) is 12.2. The molecule has 0 unspecified atom stereocenters. The third kappa shape index (κ3) is 5.30. The molecule has 0 bridgehead atoms. The molecule has 0 saturated heterocycles. The number of rotatable bonds is 7. The number of hydrogen-bond acceptors (Lipinski definition) is 3. The van der Waals surface area contributed by atoms with Crippen LogP contribution < -0.4 is 15.4 Å². The van der Waals surface area contributed by atoms with Gasteiger partial charge in [0.25, 0.3) is 0 Å². The van der Waals surface area contributed by atoms with E-state index in [1.807, 2.05) is 6.92 Å². The predicted molar refractivity (Wildman–Crippen MR) is 97.5 cm³/mol. The molecule has 7 heteroatoms. The van der Waals surface area contributed by atoms with Gasteiger partial charge in [0.05, 0.1) is 28.0 Å². The van der Waals surface area contributed by atoms with Crippen LogP contribution in [0.2, 0.25) is 10.0 Å². The van der Waals surface area contributed by atoms with Crippen LogP contribution in [-0.4, -0.2) is 25.9 Å². The summed E-state index contributed by atoms with van der Waals surface area (Å²) < 4.78 is 10.8. The summed E-state index contributed by atoms with van der Waals surface area (Å²) >= 11 is 12.2. The number of anilines is 2. The standard InChI is InChI=1S/C17H18Cl2N2O3/c1-2-23-10-11-24-16-13(19)7-5-9-15(16)21-17(22)20-14-8-4-3-6-12(14)18/h3-9H,2,10-11H2,1H3,(H2,20,21,22). The van der Waals surface area contributed by atoms with Gasteiger partial charge < -0.3 is 20.1 Å². The molecular weight excluding hydrogens is 351 g/mol. The second-order valence-corrected chi connectivity index (χ2v) is 5.54. The van der Waals surface area contributed by atoms with Gasteiger partial charge in [-0.15, -0.1) is 0 Å². The number of amides is 2. The average molecular weight is 369 g/mol. The van der Waals surface area contributed by atoms with E-state index in [2.05, 4.69) is 10.6 Å². The van der Waals surface area contributed by atoms with Crippen LogP contribution >= 0.6 is 23.2 Å². The number of hydrogen-bond donors (Lipinski definition) is 2. The first-order valence-electron chi connectivity index (χ1n) is 7.43. The number of halogens is 2. The number of nitrogens with one attached hydrogen (secondary N) is 2. The van der Waals surface area contributed by atoms with Gasteiger partial charge in [-0.3, -0.25) is 0 Å². The van der Waals surface area contributed by atoms with Crippen molar-refractivity contribution in [3.8, 4) is 5.75 Å². The molecule has 2 aromatic carbocycles. The van der Waals surface area contributed by atoms with Crippen molar-refractivity contribution in [2.75, 3.05) is 30.5 Å². The first kappa shape index (κ1) is 18.4.